The van der Waals surface area contributed by atoms with E-state index in [4.69, 9.17) is 16.0 Å². The van der Waals surface area contributed by atoms with Gasteiger partial charge in [0.05, 0.1) is 12.2 Å². The van der Waals surface area contributed by atoms with Gasteiger partial charge in [0.2, 0.25) is 5.91 Å². The van der Waals surface area contributed by atoms with E-state index in [0.717, 1.165) is 5.56 Å². The fourth-order valence-electron chi connectivity index (χ4n) is 4.81. The molecule has 0 aliphatic carbocycles. The van der Waals surface area contributed by atoms with Crippen LogP contribution in [0.1, 0.15) is 44.4 Å². The van der Waals surface area contributed by atoms with Gasteiger partial charge in [0, 0.05) is 16.8 Å². The van der Waals surface area contributed by atoms with Crippen LogP contribution in [0.15, 0.2) is 41.0 Å². The van der Waals surface area contributed by atoms with Crippen LogP contribution in [0.25, 0.3) is 0 Å². The Kier molecular flexibility index (Phi) is 4.32. The highest BCUT2D eigenvalue weighted by molar-refractivity contribution is 6.31. The van der Waals surface area contributed by atoms with Crippen LogP contribution in [-0.2, 0) is 15.0 Å². The smallest absolute Gasteiger partial charge is 0.321 e. The van der Waals surface area contributed by atoms with E-state index in [1.165, 1.54) is 6.26 Å². The Bertz CT molecular complexity index is 934. The highest BCUT2D eigenvalue weighted by Gasteiger charge is 2.66. The maximum absolute atomic E-state index is 13.5. The van der Waals surface area contributed by atoms with Crippen LogP contribution in [0.5, 0.6) is 0 Å². The van der Waals surface area contributed by atoms with Gasteiger partial charge in [-0.1, -0.05) is 38.4 Å². The summed E-state index contributed by atoms with van der Waals surface area (Å²) in [6.07, 6.45) is 2.12. The van der Waals surface area contributed by atoms with Crippen molar-refractivity contribution in [2.24, 2.45) is 5.41 Å². The van der Waals surface area contributed by atoms with Crippen LogP contribution in [0.3, 0.4) is 0 Å². The van der Waals surface area contributed by atoms with Crippen molar-refractivity contribution >= 4 is 29.2 Å². The van der Waals surface area contributed by atoms with Crippen molar-refractivity contribution in [1.29, 1.82) is 0 Å². The number of hydrogen-bond donors (Lipinski definition) is 3. The van der Waals surface area contributed by atoms with Crippen molar-refractivity contribution in [1.82, 2.24) is 5.32 Å². The van der Waals surface area contributed by atoms with E-state index in [2.05, 4.69) is 31.4 Å². The molecule has 3 N–H and O–H groups in total. The summed E-state index contributed by atoms with van der Waals surface area (Å²) in [5.41, 5.74) is 0.157. The predicted molar refractivity (Wildman–Crippen MR) is 106 cm³/mol. The minimum absolute atomic E-state index is 0.124. The first-order chi connectivity index (χ1) is 13.1. The monoisotopic (exact) mass is 402 g/mol. The van der Waals surface area contributed by atoms with Crippen LogP contribution in [0.4, 0.5) is 5.69 Å². The number of benzene rings is 1. The number of amides is 1. The van der Waals surface area contributed by atoms with E-state index in [1.54, 1.807) is 24.3 Å². The molecule has 2 aromatic rings. The van der Waals surface area contributed by atoms with Gasteiger partial charge >= 0.3 is 5.97 Å². The molecule has 4 unspecified atom stereocenters. The molecule has 0 bridgehead atoms. The predicted octanol–water partition coefficient (Wildman–Crippen LogP) is 3.77. The zero-order valence-corrected chi connectivity index (χ0v) is 16.7. The summed E-state index contributed by atoms with van der Waals surface area (Å²) in [5.74, 6) is -1.44. The number of furan rings is 1. The average Bonchev–Trinajstić information content (AvgIpc) is 3.25. The van der Waals surface area contributed by atoms with Crippen LogP contribution >= 0.6 is 11.6 Å². The van der Waals surface area contributed by atoms with Crippen molar-refractivity contribution in [3.8, 4) is 0 Å². The Labute approximate surface area is 168 Å². The van der Waals surface area contributed by atoms with Gasteiger partial charge < -0.3 is 14.8 Å². The second-order valence-corrected chi connectivity index (χ2v) is 9.24. The summed E-state index contributed by atoms with van der Waals surface area (Å²) in [5, 5.41) is 16.7. The van der Waals surface area contributed by atoms with Gasteiger partial charge in [-0.25, -0.2) is 0 Å². The van der Waals surface area contributed by atoms with E-state index in [1.807, 2.05) is 6.07 Å². The van der Waals surface area contributed by atoms with Gasteiger partial charge in [0.1, 0.15) is 17.2 Å². The molecule has 2 aliphatic heterocycles. The third kappa shape index (κ3) is 2.74. The van der Waals surface area contributed by atoms with E-state index >= 15 is 0 Å². The van der Waals surface area contributed by atoms with Crippen LogP contribution in [0.2, 0.25) is 5.02 Å². The molecule has 28 heavy (non-hydrogen) atoms. The second-order valence-electron chi connectivity index (χ2n) is 8.81. The van der Waals surface area contributed by atoms with Crippen LogP contribution in [-0.4, -0.2) is 29.1 Å². The zero-order valence-electron chi connectivity index (χ0n) is 16.0. The van der Waals surface area contributed by atoms with Gasteiger partial charge in [-0.3, -0.25) is 14.9 Å². The Morgan fingerprint density at radius 1 is 1.32 bits per heavy atom. The standard InChI is InChI=1S/C21H23ClN2O4/c1-20(2,3)10-15-21(12-7-6-11(22)9-13(12)23-19(21)27)16(14-5-4-8-28-14)17(24-15)18(25)26/h4-9,15-17,24H,10H2,1-3H3,(H,23,27)(H,25,26). The summed E-state index contributed by atoms with van der Waals surface area (Å²) in [6, 6.07) is 7.40. The first-order valence-electron chi connectivity index (χ1n) is 9.28. The van der Waals surface area contributed by atoms with Crippen LogP contribution in [0, 0.1) is 5.41 Å². The molecule has 1 aromatic heterocycles. The number of carboxylic acid groups (broad SMARTS) is 1. The Hall–Kier alpha value is -2.31. The van der Waals surface area contributed by atoms with E-state index in [-0.39, 0.29) is 17.4 Å². The molecule has 7 heteroatoms. The maximum atomic E-state index is 13.5. The molecule has 0 radical (unpaired) electrons. The number of hydrogen-bond acceptors (Lipinski definition) is 4. The summed E-state index contributed by atoms with van der Waals surface area (Å²) < 4.78 is 5.64. The highest BCUT2D eigenvalue weighted by Crippen LogP contribution is 2.56. The topological polar surface area (TPSA) is 91.6 Å². The van der Waals surface area contributed by atoms with Crippen molar-refractivity contribution in [2.45, 2.75) is 50.6 Å². The highest BCUT2D eigenvalue weighted by atomic mass is 35.5. The Balaban J connectivity index is 1.98. The maximum Gasteiger partial charge on any atom is 0.321 e. The lowest BCUT2D eigenvalue weighted by Crippen LogP contribution is -2.49. The fourth-order valence-corrected chi connectivity index (χ4v) is 4.98. The minimum Gasteiger partial charge on any atom is -0.480 e. The van der Waals surface area contributed by atoms with Crippen molar-refractivity contribution < 1.29 is 19.1 Å². The number of rotatable bonds is 3. The number of halogens is 1. The molecule has 0 saturated carbocycles. The zero-order chi connectivity index (χ0) is 20.3. The number of carboxylic acids is 1. The number of aliphatic carboxylic acids is 1. The largest absolute Gasteiger partial charge is 0.480 e. The van der Waals surface area contributed by atoms with Crippen molar-refractivity contribution in [2.75, 3.05) is 5.32 Å². The molecule has 1 amide bonds. The first kappa shape index (κ1) is 19.0. The second kappa shape index (κ2) is 6.36. The number of fused-ring (bicyclic) bond motifs is 2. The number of carbonyl (C=O) groups is 2. The molecule has 3 heterocycles. The molecule has 1 saturated heterocycles. The van der Waals surface area contributed by atoms with Gasteiger partial charge in [0.15, 0.2) is 0 Å². The number of nitrogens with one attached hydrogen (secondary N) is 2. The first-order valence-corrected chi connectivity index (χ1v) is 9.66. The normalized spacial score (nSPS) is 29.1. The van der Waals surface area contributed by atoms with E-state index in [0.29, 0.717) is 22.9 Å². The summed E-state index contributed by atoms with van der Waals surface area (Å²) >= 11 is 6.14. The van der Waals surface area contributed by atoms with Gasteiger partial charge in [-0.15, -0.1) is 0 Å². The molecule has 4 rings (SSSR count). The summed E-state index contributed by atoms with van der Waals surface area (Å²) in [4.78, 5) is 25.7. The molecule has 4 atom stereocenters. The van der Waals surface area contributed by atoms with E-state index < -0.39 is 23.3 Å². The molecule has 148 valence electrons. The molecule has 1 aromatic carbocycles. The van der Waals surface area contributed by atoms with E-state index in [9.17, 15) is 14.7 Å². The Morgan fingerprint density at radius 2 is 2.07 bits per heavy atom. The number of carbonyl (C=O) groups excluding carboxylic acids is 1. The molecule has 1 fully saturated rings. The fraction of sp³-hybridized carbons (Fsp3) is 0.429. The average molecular weight is 403 g/mol. The Morgan fingerprint density at radius 3 is 2.68 bits per heavy atom. The third-order valence-electron chi connectivity index (χ3n) is 5.74. The molecule has 6 nitrogen and oxygen atoms in total. The lowest BCUT2D eigenvalue weighted by Gasteiger charge is -2.36. The van der Waals surface area contributed by atoms with Crippen molar-refractivity contribution in [3.63, 3.8) is 0 Å². The summed E-state index contributed by atoms with van der Waals surface area (Å²) in [6.45, 7) is 6.23. The van der Waals surface area contributed by atoms with Crippen molar-refractivity contribution in [3.05, 3.63) is 52.9 Å². The molecular formula is C21H23ClN2O4. The lowest BCUT2D eigenvalue weighted by atomic mass is 9.64. The van der Waals surface area contributed by atoms with Gasteiger partial charge in [0.25, 0.3) is 0 Å². The minimum atomic E-state index is -1.10. The molecular weight excluding hydrogens is 380 g/mol. The van der Waals surface area contributed by atoms with Crippen LogP contribution < -0.4 is 10.6 Å². The molecule has 1 spiro atoms. The quantitative estimate of drug-likeness (QED) is 0.726. The lowest BCUT2D eigenvalue weighted by molar-refractivity contribution is -0.139. The molecule has 2 aliphatic rings. The number of anilines is 1. The van der Waals surface area contributed by atoms with Gasteiger partial charge in [-0.05, 0) is 41.7 Å². The third-order valence-corrected chi connectivity index (χ3v) is 5.97. The summed E-state index contributed by atoms with van der Waals surface area (Å²) in [7, 11) is 0. The SMILES string of the molecule is CC(C)(C)CC1NC(C(=O)O)C(c2ccco2)C12C(=O)Nc1cc(Cl)ccc12. The van der Waals surface area contributed by atoms with Gasteiger partial charge in [-0.2, -0.15) is 0 Å².